The van der Waals surface area contributed by atoms with Crippen LogP contribution in [0.1, 0.15) is 37.3 Å². The fourth-order valence-corrected chi connectivity index (χ4v) is 6.36. The maximum atomic E-state index is 6.28. The highest BCUT2D eigenvalue weighted by Crippen LogP contribution is 2.30. The number of pyridine rings is 1. The van der Waals surface area contributed by atoms with Gasteiger partial charge in [0.05, 0.1) is 0 Å². The van der Waals surface area contributed by atoms with E-state index in [2.05, 4.69) is 60.8 Å². The average molecular weight is 547 g/mol. The largest absolute Gasteiger partial charge is 0.354 e. The van der Waals surface area contributed by atoms with Crippen molar-refractivity contribution in [2.45, 2.75) is 51.7 Å². The number of aromatic amines is 1. The predicted octanol–water partition coefficient (Wildman–Crippen LogP) is 5.05. The van der Waals surface area contributed by atoms with Gasteiger partial charge in [0.15, 0.2) is 0 Å². The van der Waals surface area contributed by atoms with Crippen LogP contribution < -0.4 is 4.90 Å². The number of piperidine rings is 1. The summed E-state index contributed by atoms with van der Waals surface area (Å²) in [5, 5.41) is 4.72. The number of nitrogens with one attached hydrogen (secondary N) is 1. The molecular formula is C29H35ClN8O. The van der Waals surface area contributed by atoms with Crippen molar-refractivity contribution in [2.24, 2.45) is 0 Å². The maximum absolute atomic E-state index is 6.28. The van der Waals surface area contributed by atoms with Gasteiger partial charge in [0.1, 0.15) is 11.6 Å². The van der Waals surface area contributed by atoms with Crippen LogP contribution in [0.3, 0.4) is 0 Å². The first-order valence-corrected chi connectivity index (χ1v) is 14.2. The van der Waals surface area contributed by atoms with Gasteiger partial charge in [0, 0.05) is 73.0 Å². The van der Waals surface area contributed by atoms with Gasteiger partial charge in [-0.15, -0.1) is 0 Å². The number of halogens is 1. The van der Waals surface area contributed by atoms with Gasteiger partial charge in [0.25, 0.3) is 0 Å². The first-order chi connectivity index (χ1) is 19.1. The van der Waals surface area contributed by atoms with E-state index in [0.717, 1.165) is 68.5 Å². The number of aryl methyl sites for hydroxylation is 1. The molecule has 2 fully saturated rings. The molecular weight excluding hydrogens is 512 g/mol. The van der Waals surface area contributed by atoms with Gasteiger partial charge < -0.3 is 14.4 Å². The van der Waals surface area contributed by atoms with Crippen LogP contribution in [0.4, 0.5) is 5.82 Å². The Morgan fingerprint density at radius 1 is 1.08 bits per heavy atom. The summed E-state index contributed by atoms with van der Waals surface area (Å²) in [6, 6.07) is 9.30. The van der Waals surface area contributed by atoms with Crippen LogP contribution in [0.15, 0.2) is 53.8 Å². The molecule has 0 saturated carbocycles. The molecule has 0 amide bonds. The third-order valence-electron chi connectivity index (χ3n) is 8.22. The molecule has 6 rings (SSSR count). The molecule has 2 aliphatic rings. The molecule has 0 bridgehead atoms. The molecule has 1 unspecified atom stereocenters. The minimum absolute atomic E-state index is 0.530. The lowest BCUT2D eigenvalue weighted by Gasteiger charge is -2.48. The molecule has 2 saturated heterocycles. The van der Waals surface area contributed by atoms with Crippen LogP contribution in [-0.2, 0) is 6.54 Å². The molecule has 4 aromatic rings. The fourth-order valence-electron chi connectivity index (χ4n) is 6.19. The highest BCUT2D eigenvalue weighted by molar-refractivity contribution is 6.30. The Labute approximate surface area is 234 Å². The van der Waals surface area contributed by atoms with Crippen LogP contribution in [0.5, 0.6) is 0 Å². The van der Waals surface area contributed by atoms with Gasteiger partial charge in [-0.25, -0.2) is 9.97 Å². The van der Waals surface area contributed by atoms with Gasteiger partial charge in [-0.05, 0) is 68.6 Å². The minimum atomic E-state index is 0.530. The highest BCUT2D eigenvalue weighted by Gasteiger charge is 2.34. The standard InChI is InChI=1S/C29H35ClN8O/c1-3-24-18-37(29-20(2)14-22(16-33-29)27-31-8-9-32-27)12-13-38(24)25-6-10-36(11-7-25)17-21-4-5-23(30)15-26(21)28-34-19-39-35-28/h4-5,8-9,14-16,19,24-25H,3,6-7,10-13,17-18H2,1-2H3,(H,31,32). The predicted molar refractivity (Wildman–Crippen MR) is 153 cm³/mol. The molecule has 2 aliphatic heterocycles. The molecule has 10 heteroatoms. The van der Waals surface area contributed by atoms with Crippen LogP contribution in [0.2, 0.25) is 5.02 Å². The van der Waals surface area contributed by atoms with Crippen LogP contribution in [0, 0.1) is 6.92 Å². The second-order valence-electron chi connectivity index (χ2n) is 10.6. The van der Waals surface area contributed by atoms with E-state index < -0.39 is 0 Å². The van der Waals surface area contributed by atoms with Crippen LogP contribution in [-0.4, -0.2) is 79.7 Å². The Bertz CT molecular complexity index is 1370. The number of aromatic nitrogens is 5. The number of H-pyrrole nitrogens is 1. The van der Waals surface area contributed by atoms with Gasteiger partial charge in [-0.3, -0.25) is 9.80 Å². The molecule has 1 N–H and O–H groups in total. The van der Waals surface area contributed by atoms with E-state index in [0.29, 0.717) is 22.9 Å². The lowest BCUT2D eigenvalue weighted by atomic mass is 9.97. The van der Waals surface area contributed by atoms with Crippen molar-refractivity contribution < 1.29 is 4.52 Å². The fraction of sp³-hybridized carbons (Fsp3) is 0.448. The van der Waals surface area contributed by atoms with E-state index >= 15 is 0 Å². The summed E-state index contributed by atoms with van der Waals surface area (Å²) in [4.78, 5) is 24.4. The second kappa shape index (κ2) is 11.5. The lowest BCUT2D eigenvalue weighted by molar-refractivity contribution is 0.0611. The molecule has 39 heavy (non-hydrogen) atoms. The van der Waals surface area contributed by atoms with Crippen molar-refractivity contribution in [1.82, 2.24) is 34.9 Å². The van der Waals surface area contributed by atoms with E-state index in [1.165, 1.54) is 30.4 Å². The monoisotopic (exact) mass is 546 g/mol. The number of nitrogens with zero attached hydrogens (tertiary/aromatic N) is 7. The number of imidazole rings is 1. The molecule has 0 aliphatic carbocycles. The van der Waals surface area contributed by atoms with Crippen molar-refractivity contribution in [3.8, 4) is 22.8 Å². The first-order valence-electron chi connectivity index (χ1n) is 13.8. The molecule has 5 heterocycles. The van der Waals surface area contributed by atoms with Gasteiger partial charge in [-0.1, -0.05) is 29.7 Å². The quantitative estimate of drug-likeness (QED) is 0.344. The molecule has 204 valence electrons. The smallest absolute Gasteiger partial charge is 0.214 e. The minimum Gasteiger partial charge on any atom is -0.354 e. The molecule has 1 aromatic carbocycles. The lowest BCUT2D eigenvalue weighted by Crippen LogP contribution is -2.58. The number of benzene rings is 1. The van der Waals surface area contributed by atoms with Crippen LogP contribution >= 0.6 is 11.6 Å². The molecule has 0 radical (unpaired) electrons. The zero-order chi connectivity index (χ0) is 26.8. The summed E-state index contributed by atoms with van der Waals surface area (Å²) in [5.41, 5.74) is 4.35. The summed E-state index contributed by atoms with van der Waals surface area (Å²) < 4.78 is 4.98. The second-order valence-corrected chi connectivity index (χ2v) is 11.0. The average Bonchev–Trinajstić information content (AvgIpc) is 3.69. The number of rotatable bonds is 7. The summed E-state index contributed by atoms with van der Waals surface area (Å²) in [6.45, 7) is 10.6. The molecule has 3 aromatic heterocycles. The Balaban J connectivity index is 1.07. The van der Waals surface area contributed by atoms with Crippen LogP contribution in [0.25, 0.3) is 22.8 Å². The van der Waals surface area contributed by atoms with Gasteiger partial charge in [-0.2, -0.15) is 4.98 Å². The first kappa shape index (κ1) is 26.0. The van der Waals surface area contributed by atoms with Gasteiger partial charge >= 0.3 is 0 Å². The van der Waals surface area contributed by atoms with Crippen molar-refractivity contribution >= 4 is 17.4 Å². The molecule has 9 nitrogen and oxygen atoms in total. The topological polar surface area (TPSA) is 90.2 Å². The SMILES string of the molecule is CCC1CN(c2ncc(-c3ncc[nH]3)cc2C)CCN1C1CCN(Cc2ccc(Cl)cc2-c2ncon2)CC1. The van der Waals surface area contributed by atoms with Gasteiger partial charge in [0.2, 0.25) is 12.2 Å². The van der Waals surface area contributed by atoms with E-state index in [1.54, 1.807) is 6.20 Å². The Hall–Kier alpha value is -3.27. The summed E-state index contributed by atoms with van der Waals surface area (Å²) >= 11 is 6.28. The van der Waals surface area contributed by atoms with E-state index in [9.17, 15) is 0 Å². The third kappa shape index (κ3) is 5.57. The zero-order valence-corrected chi connectivity index (χ0v) is 23.3. The van der Waals surface area contributed by atoms with Crippen molar-refractivity contribution in [1.29, 1.82) is 0 Å². The zero-order valence-electron chi connectivity index (χ0n) is 22.6. The van der Waals surface area contributed by atoms with E-state index in [-0.39, 0.29) is 0 Å². The normalized spacial score (nSPS) is 19.6. The highest BCUT2D eigenvalue weighted by atomic mass is 35.5. The Morgan fingerprint density at radius 3 is 2.67 bits per heavy atom. The van der Waals surface area contributed by atoms with E-state index in [1.807, 2.05) is 24.5 Å². The summed E-state index contributed by atoms with van der Waals surface area (Å²) in [5.74, 6) is 2.55. The molecule has 1 atom stereocenters. The summed E-state index contributed by atoms with van der Waals surface area (Å²) in [7, 11) is 0. The van der Waals surface area contributed by atoms with Crippen molar-refractivity contribution in [3.05, 3.63) is 65.4 Å². The Morgan fingerprint density at radius 2 is 1.95 bits per heavy atom. The Kier molecular flexibility index (Phi) is 7.63. The number of likely N-dealkylation sites (tertiary alicyclic amines) is 1. The number of hydrogen-bond donors (Lipinski definition) is 1. The maximum Gasteiger partial charge on any atom is 0.214 e. The third-order valence-corrected chi connectivity index (χ3v) is 8.45. The summed E-state index contributed by atoms with van der Waals surface area (Å²) in [6.07, 6.45) is 10.4. The number of hydrogen-bond acceptors (Lipinski definition) is 8. The number of piperazine rings is 1. The van der Waals surface area contributed by atoms with Crippen molar-refractivity contribution in [2.75, 3.05) is 37.6 Å². The van der Waals surface area contributed by atoms with E-state index in [4.69, 9.17) is 21.1 Å². The molecule has 0 spiro atoms. The van der Waals surface area contributed by atoms with Crippen molar-refractivity contribution in [3.63, 3.8) is 0 Å². The number of anilines is 1.